The van der Waals surface area contributed by atoms with Crippen molar-refractivity contribution < 1.29 is 4.79 Å². The highest BCUT2D eigenvalue weighted by Crippen LogP contribution is 2.33. The van der Waals surface area contributed by atoms with Crippen molar-refractivity contribution in [3.05, 3.63) is 22.7 Å². The number of aryl methyl sites for hydroxylation is 1. The molecule has 0 atom stereocenters. The largest absolute Gasteiger partial charge is 0.302 e. The number of hydrogen-bond acceptors (Lipinski definition) is 4. The number of carbonyl (C=O) groups is 1. The zero-order chi connectivity index (χ0) is 12.4. The minimum absolute atomic E-state index is 0.0761. The fraction of sp³-hybridized carbons (Fsp3) is 0.273. The van der Waals surface area contributed by atoms with Gasteiger partial charge in [-0.25, -0.2) is 4.98 Å². The summed E-state index contributed by atoms with van der Waals surface area (Å²) < 4.78 is 0.910. The summed E-state index contributed by atoms with van der Waals surface area (Å²) in [6, 6.07) is 3.76. The molecule has 3 nitrogen and oxygen atoms in total. The smallest absolute Gasteiger partial charge is 0.226 e. The highest BCUT2D eigenvalue weighted by atomic mass is 35.5. The zero-order valence-corrected chi connectivity index (χ0v) is 11.6. The number of carbonyl (C=O) groups excluding carboxylic acids is 1. The van der Waals surface area contributed by atoms with Gasteiger partial charge in [-0.05, 0) is 24.3 Å². The van der Waals surface area contributed by atoms with E-state index in [0.717, 1.165) is 15.8 Å². The number of aromatic nitrogens is 1. The second-order valence-electron chi connectivity index (χ2n) is 3.58. The molecule has 2 rings (SSSR count). The van der Waals surface area contributed by atoms with Crippen molar-refractivity contribution in [1.29, 1.82) is 0 Å². The van der Waals surface area contributed by atoms with Gasteiger partial charge in [-0.3, -0.25) is 4.79 Å². The van der Waals surface area contributed by atoms with Crippen LogP contribution in [0.5, 0.6) is 0 Å². The molecule has 1 amide bonds. The Balaban J connectivity index is 2.35. The van der Waals surface area contributed by atoms with Crippen LogP contribution in [-0.4, -0.2) is 16.6 Å². The summed E-state index contributed by atoms with van der Waals surface area (Å²) in [4.78, 5) is 15.8. The summed E-state index contributed by atoms with van der Waals surface area (Å²) in [7, 11) is 0. The molecule has 6 heteroatoms. The van der Waals surface area contributed by atoms with E-state index in [1.54, 1.807) is 0 Å². The maximum Gasteiger partial charge on any atom is 0.226 e. The Bertz CT molecular complexity index is 529. The van der Waals surface area contributed by atoms with E-state index in [-0.39, 0.29) is 5.91 Å². The lowest BCUT2D eigenvalue weighted by atomic mass is 10.2. The van der Waals surface area contributed by atoms with E-state index >= 15 is 0 Å². The van der Waals surface area contributed by atoms with Crippen molar-refractivity contribution in [1.82, 2.24) is 4.98 Å². The van der Waals surface area contributed by atoms with Gasteiger partial charge < -0.3 is 5.32 Å². The number of benzene rings is 1. The Morgan fingerprint density at radius 1 is 1.59 bits per heavy atom. The van der Waals surface area contributed by atoms with Crippen LogP contribution in [0.2, 0.25) is 5.02 Å². The highest BCUT2D eigenvalue weighted by Gasteiger charge is 2.11. The third kappa shape index (κ3) is 2.73. The van der Waals surface area contributed by atoms with Crippen LogP contribution in [0.25, 0.3) is 10.2 Å². The van der Waals surface area contributed by atoms with Crippen molar-refractivity contribution >= 4 is 56.8 Å². The zero-order valence-electron chi connectivity index (χ0n) is 9.16. The summed E-state index contributed by atoms with van der Waals surface area (Å²) in [6.45, 7) is 1.97. The molecule has 1 aromatic heterocycles. The summed E-state index contributed by atoms with van der Waals surface area (Å²) in [5.74, 6) is 0.448. The Morgan fingerprint density at radius 3 is 3.00 bits per heavy atom. The van der Waals surface area contributed by atoms with Crippen LogP contribution in [-0.2, 0) is 4.79 Å². The SMILES string of the molecule is Cc1ccc(Cl)c2sc(NC(=O)CCS)nc12. The van der Waals surface area contributed by atoms with Crippen molar-refractivity contribution in [3.63, 3.8) is 0 Å². The first-order valence-corrected chi connectivity index (χ1v) is 6.91. The van der Waals surface area contributed by atoms with Gasteiger partial charge in [0.15, 0.2) is 5.13 Å². The van der Waals surface area contributed by atoms with E-state index in [2.05, 4.69) is 22.9 Å². The quantitative estimate of drug-likeness (QED) is 0.848. The van der Waals surface area contributed by atoms with Crippen molar-refractivity contribution in [3.8, 4) is 0 Å². The molecule has 90 valence electrons. The molecule has 1 aromatic carbocycles. The second kappa shape index (κ2) is 5.25. The molecule has 0 aliphatic carbocycles. The van der Waals surface area contributed by atoms with Crippen LogP contribution in [0, 0.1) is 6.92 Å². The summed E-state index contributed by atoms with van der Waals surface area (Å²) in [6.07, 6.45) is 0.381. The van der Waals surface area contributed by atoms with E-state index < -0.39 is 0 Å². The Labute approximate surface area is 114 Å². The molecule has 0 spiro atoms. The summed E-state index contributed by atoms with van der Waals surface area (Å²) >= 11 is 11.5. The first-order valence-electron chi connectivity index (χ1n) is 5.08. The number of thiol groups is 1. The molecule has 0 aliphatic heterocycles. The Morgan fingerprint density at radius 2 is 2.35 bits per heavy atom. The fourth-order valence-corrected chi connectivity index (χ4v) is 2.87. The average molecular weight is 287 g/mol. The maximum atomic E-state index is 11.4. The molecule has 0 unspecified atom stereocenters. The third-order valence-electron chi connectivity index (χ3n) is 2.28. The number of halogens is 1. The first kappa shape index (κ1) is 12.7. The lowest BCUT2D eigenvalue weighted by molar-refractivity contribution is -0.115. The predicted molar refractivity (Wildman–Crippen MR) is 76.5 cm³/mol. The van der Waals surface area contributed by atoms with E-state index in [1.807, 2.05) is 19.1 Å². The summed E-state index contributed by atoms with van der Waals surface area (Å²) in [5, 5.41) is 4.00. The number of fused-ring (bicyclic) bond motifs is 1. The molecular formula is C11H11ClN2OS2. The topological polar surface area (TPSA) is 42.0 Å². The number of anilines is 1. The molecule has 17 heavy (non-hydrogen) atoms. The normalized spacial score (nSPS) is 10.8. The van der Waals surface area contributed by atoms with Crippen LogP contribution >= 0.6 is 35.6 Å². The van der Waals surface area contributed by atoms with Gasteiger partial charge in [0.05, 0.1) is 15.2 Å². The molecule has 0 radical (unpaired) electrons. The van der Waals surface area contributed by atoms with Crippen LogP contribution in [0.15, 0.2) is 12.1 Å². The molecule has 0 saturated carbocycles. The molecule has 0 fully saturated rings. The monoisotopic (exact) mass is 286 g/mol. The molecule has 1 heterocycles. The van der Waals surface area contributed by atoms with Gasteiger partial charge >= 0.3 is 0 Å². The standard InChI is InChI=1S/C11H11ClN2OS2/c1-6-2-3-7(12)10-9(6)14-11(17-10)13-8(15)4-5-16/h2-3,16H,4-5H2,1H3,(H,13,14,15). The molecule has 0 bridgehead atoms. The lowest BCUT2D eigenvalue weighted by Crippen LogP contribution is -2.11. The van der Waals surface area contributed by atoms with Crippen LogP contribution in [0.1, 0.15) is 12.0 Å². The average Bonchev–Trinajstić information content (AvgIpc) is 2.69. The van der Waals surface area contributed by atoms with Gasteiger partial charge in [0, 0.05) is 6.42 Å². The number of hydrogen-bond donors (Lipinski definition) is 2. The molecule has 0 aliphatic rings. The number of nitrogens with one attached hydrogen (secondary N) is 1. The van der Waals surface area contributed by atoms with E-state index in [0.29, 0.717) is 22.3 Å². The van der Waals surface area contributed by atoms with Crippen LogP contribution in [0.4, 0.5) is 5.13 Å². The van der Waals surface area contributed by atoms with Gasteiger partial charge in [0.1, 0.15) is 0 Å². The van der Waals surface area contributed by atoms with Crippen LogP contribution in [0.3, 0.4) is 0 Å². The van der Waals surface area contributed by atoms with E-state index in [1.165, 1.54) is 11.3 Å². The van der Waals surface area contributed by atoms with Gasteiger partial charge in [-0.15, -0.1) is 0 Å². The Hall–Kier alpha value is -0.780. The maximum absolute atomic E-state index is 11.4. The second-order valence-corrected chi connectivity index (χ2v) is 5.44. The van der Waals surface area contributed by atoms with Gasteiger partial charge in [0.25, 0.3) is 0 Å². The van der Waals surface area contributed by atoms with Crippen molar-refractivity contribution in [2.75, 3.05) is 11.1 Å². The fourth-order valence-electron chi connectivity index (χ4n) is 1.44. The highest BCUT2D eigenvalue weighted by molar-refractivity contribution is 7.80. The molecular weight excluding hydrogens is 276 g/mol. The predicted octanol–water partition coefficient (Wildman–Crippen LogP) is 3.52. The van der Waals surface area contributed by atoms with E-state index in [9.17, 15) is 4.79 Å². The lowest BCUT2D eigenvalue weighted by Gasteiger charge is -1.97. The minimum atomic E-state index is -0.0761. The summed E-state index contributed by atoms with van der Waals surface area (Å²) in [5.41, 5.74) is 1.90. The van der Waals surface area contributed by atoms with Gasteiger partial charge in [-0.1, -0.05) is 29.0 Å². The molecule has 0 saturated heterocycles. The van der Waals surface area contributed by atoms with Gasteiger partial charge in [0.2, 0.25) is 5.91 Å². The Kier molecular flexibility index (Phi) is 3.91. The van der Waals surface area contributed by atoms with Gasteiger partial charge in [-0.2, -0.15) is 12.6 Å². The molecule has 2 aromatic rings. The number of thiazole rings is 1. The van der Waals surface area contributed by atoms with Crippen LogP contribution < -0.4 is 5.32 Å². The third-order valence-corrected chi connectivity index (χ3v) is 3.94. The molecule has 1 N–H and O–H groups in total. The number of amides is 1. The first-order chi connectivity index (χ1) is 8.11. The van der Waals surface area contributed by atoms with E-state index in [4.69, 9.17) is 11.6 Å². The minimum Gasteiger partial charge on any atom is -0.302 e. The van der Waals surface area contributed by atoms with Crippen molar-refractivity contribution in [2.45, 2.75) is 13.3 Å². The number of rotatable bonds is 3. The van der Waals surface area contributed by atoms with Crippen molar-refractivity contribution in [2.24, 2.45) is 0 Å². The number of nitrogens with zero attached hydrogens (tertiary/aromatic N) is 1.